The lowest BCUT2D eigenvalue weighted by molar-refractivity contribution is -0.144. The summed E-state index contributed by atoms with van der Waals surface area (Å²) in [6.45, 7) is 8.62. The maximum Gasteiger partial charge on any atom is 0.321 e. The quantitative estimate of drug-likeness (QED) is 0.509. The van der Waals surface area contributed by atoms with Crippen LogP contribution >= 0.6 is 11.6 Å². The molecule has 2 heterocycles. The number of likely N-dealkylation sites (tertiary alicyclic amines) is 2. The monoisotopic (exact) mass is 502 g/mol. The van der Waals surface area contributed by atoms with Gasteiger partial charge in [0.25, 0.3) is 0 Å². The Bertz CT molecular complexity index is 986. The fraction of sp³-hybridized carbons (Fsp3) is 0.536. The number of hydrogen-bond donors (Lipinski definition) is 1. The van der Waals surface area contributed by atoms with E-state index in [1.807, 2.05) is 32.0 Å². The zero-order chi connectivity index (χ0) is 24.9. The fourth-order valence-electron chi connectivity index (χ4n) is 5.55. The Labute approximate surface area is 212 Å². The van der Waals surface area contributed by atoms with Crippen LogP contribution in [0.15, 0.2) is 42.5 Å². The second-order valence-electron chi connectivity index (χ2n) is 10.1. The van der Waals surface area contributed by atoms with E-state index >= 15 is 0 Å². The van der Waals surface area contributed by atoms with Crippen molar-refractivity contribution in [2.24, 2.45) is 5.92 Å². The number of hydrogen-bond acceptors (Lipinski definition) is 4. The van der Waals surface area contributed by atoms with Crippen LogP contribution in [0.25, 0.3) is 0 Å². The van der Waals surface area contributed by atoms with E-state index in [-0.39, 0.29) is 17.8 Å². The summed E-state index contributed by atoms with van der Waals surface area (Å²) >= 11 is 6.05. The average Bonchev–Trinajstić information content (AvgIpc) is 2.83. The van der Waals surface area contributed by atoms with Crippen LogP contribution in [0.2, 0.25) is 5.02 Å². The van der Waals surface area contributed by atoms with Crippen molar-refractivity contribution in [1.82, 2.24) is 9.80 Å². The minimum Gasteiger partial charge on any atom is -0.490 e. The number of rotatable bonds is 8. The van der Waals surface area contributed by atoms with Crippen LogP contribution in [-0.2, 0) is 4.79 Å². The topological polar surface area (TPSA) is 53.0 Å². The lowest BCUT2D eigenvalue weighted by Crippen LogP contribution is -2.50. The minimum absolute atomic E-state index is 0.201. The SMILES string of the molecule is Cc1cc(Cl)ccc1OC1CCN(CC2CCN([C@H](C(=O)O)C(C)c3ccc(F)cc3)CC2)CC1. The van der Waals surface area contributed by atoms with E-state index in [0.29, 0.717) is 5.92 Å². The van der Waals surface area contributed by atoms with Gasteiger partial charge in [-0.15, -0.1) is 0 Å². The van der Waals surface area contributed by atoms with Crippen LogP contribution in [0.5, 0.6) is 5.75 Å². The number of carbonyl (C=O) groups is 1. The van der Waals surface area contributed by atoms with Gasteiger partial charge < -0.3 is 14.7 Å². The summed E-state index contributed by atoms with van der Waals surface area (Å²) < 4.78 is 19.5. The molecule has 2 aliphatic rings. The molecular formula is C28H36ClFN2O3. The molecule has 0 bridgehead atoms. The van der Waals surface area contributed by atoms with Gasteiger partial charge in [-0.05, 0) is 93.1 Å². The molecule has 1 unspecified atom stereocenters. The molecule has 0 amide bonds. The van der Waals surface area contributed by atoms with Crippen molar-refractivity contribution >= 4 is 17.6 Å². The first kappa shape index (κ1) is 25.9. The van der Waals surface area contributed by atoms with Gasteiger partial charge in [-0.25, -0.2) is 4.39 Å². The van der Waals surface area contributed by atoms with Crippen molar-refractivity contribution < 1.29 is 19.0 Å². The van der Waals surface area contributed by atoms with Crippen LogP contribution in [0.4, 0.5) is 4.39 Å². The van der Waals surface area contributed by atoms with Crippen LogP contribution < -0.4 is 4.74 Å². The standard InChI is InChI=1S/C28H36ClFN2O3/c1-19-17-23(29)5-8-26(19)35-25-11-13-31(14-12-25)18-21-9-15-32(16-10-21)27(28(33)34)20(2)22-3-6-24(30)7-4-22/h3-8,17,20-21,25,27H,9-16,18H2,1-2H3,(H,33,34)/t20?,27-/m0/s1. The van der Waals surface area contributed by atoms with Gasteiger partial charge in [-0.2, -0.15) is 0 Å². The van der Waals surface area contributed by atoms with Crippen LogP contribution in [-0.4, -0.2) is 65.7 Å². The van der Waals surface area contributed by atoms with Gasteiger partial charge in [0.1, 0.15) is 23.7 Å². The minimum atomic E-state index is -0.807. The van der Waals surface area contributed by atoms with Crippen LogP contribution in [0.1, 0.15) is 49.7 Å². The predicted molar refractivity (Wildman–Crippen MR) is 137 cm³/mol. The fourth-order valence-corrected chi connectivity index (χ4v) is 5.77. The molecule has 190 valence electrons. The van der Waals surface area contributed by atoms with Crippen molar-refractivity contribution in [3.63, 3.8) is 0 Å². The summed E-state index contributed by atoms with van der Waals surface area (Å²) in [4.78, 5) is 16.8. The molecule has 0 spiro atoms. The number of nitrogens with zero attached hydrogens (tertiary/aromatic N) is 2. The molecule has 0 aromatic heterocycles. The average molecular weight is 503 g/mol. The summed E-state index contributed by atoms with van der Waals surface area (Å²) in [6, 6.07) is 11.4. The van der Waals surface area contributed by atoms with Crippen molar-refractivity contribution in [3.05, 3.63) is 64.4 Å². The lowest BCUT2D eigenvalue weighted by Gasteiger charge is -2.40. The smallest absolute Gasteiger partial charge is 0.321 e. The molecule has 35 heavy (non-hydrogen) atoms. The normalized spacial score (nSPS) is 20.5. The van der Waals surface area contributed by atoms with Gasteiger partial charge in [-0.3, -0.25) is 9.69 Å². The molecular weight excluding hydrogens is 467 g/mol. The Kier molecular flexibility index (Phi) is 8.68. The highest BCUT2D eigenvalue weighted by molar-refractivity contribution is 6.30. The highest BCUT2D eigenvalue weighted by Gasteiger charge is 2.35. The molecule has 1 N–H and O–H groups in total. The third-order valence-electron chi connectivity index (χ3n) is 7.65. The van der Waals surface area contributed by atoms with Gasteiger partial charge >= 0.3 is 5.97 Å². The number of ether oxygens (including phenoxy) is 1. The van der Waals surface area contributed by atoms with Crippen molar-refractivity contribution in [2.75, 3.05) is 32.7 Å². The molecule has 4 rings (SSSR count). The molecule has 2 atom stereocenters. The maximum atomic E-state index is 13.3. The first-order chi connectivity index (χ1) is 16.8. The van der Waals surface area contributed by atoms with E-state index in [9.17, 15) is 14.3 Å². The Hall–Kier alpha value is -2.15. The van der Waals surface area contributed by atoms with Crippen LogP contribution in [0, 0.1) is 18.7 Å². The van der Waals surface area contributed by atoms with Gasteiger partial charge in [0, 0.05) is 30.6 Å². The third kappa shape index (κ3) is 6.75. The van der Waals surface area contributed by atoms with Gasteiger partial charge in [-0.1, -0.05) is 30.7 Å². The zero-order valence-electron chi connectivity index (χ0n) is 20.6. The summed E-state index contributed by atoms with van der Waals surface area (Å²) in [6.07, 6.45) is 4.26. The molecule has 2 saturated heterocycles. The second kappa shape index (κ2) is 11.7. The summed E-state index contributed by atoms with van der Waals surface area (Å²) in [5.41, 5.74) is 1.93. The Morgan fingerprint density at radius 3 is 2.34 bits per heavy atom. The molecule has 7 heteroatoms. The second-order valence-corrected chi connectivity index (χ2v) is 10.6. The highest BCUT2D eigenvalue weighted by atomic mass is 35.5. The summed E-state index contributed by atoms with van der Waals surface area (Å²) in [7, 11) is 0. The number of aryl methyl sites for hydroxylation is 1. The van der Waals surface area contributed by atoms with E-state index < -0.39 is 12.0 Å². The number of piperidine rings is 2. The molecule has 5 nitrogen and oxygen atoms in total. The largest absolute Gasteiger partial charge is 0.490 e. The number of carboxylic acids is 1. The summed E-state index contributed by atoms with van der Waals surface area (Å²) in [5, 5.41) is 10.7. The Balaban J connectivity index is 1.24. The van der Waals surface area contributed by atoms with Gasteiger partial charge in [0.15, 0.2) is 0 Å². The Morgan fingerprint density at radius 1 is 1.09 bits per heavy atom. The number of benzene rings is 2. The molecule has 0 saturated carbocycles. The summed E-state index contributed by atoms with van der Waals surface area (Å²) in [5.74, 6) is 0.191. The van der Waals surface area contributed by atoms with Crippen molar-refractivity contribution in [1.29, 1.82) is 0 Å². The van der Waals surface area contributed by atoms with Gasteiger partial charge in [0.2, 0.25) is 0 Å². The van der Waals surface area contributed by atoms with Gasteiger partial charge in [0.05, 0.1) is 0 Å². The molecule has 0 aliphatic carbocycles. The molecule has 2 fully saturated rings. The van der Waals surface area contributed by atoms with E-state index in [0.717, 1.165) is 80.3 Å². The third-order valence-corrected chi connectivity index (χ3v) is 7.88. The molecule has 2 aliphatic heterocycles. The van der Waals surface area contributed by atoms with E-state index in [1.54, 1.807) is 12.1 Å². The Morgan fingerprint density at radius 2 is 1.74 bits per heavy atom. The number of aliphatic carboxylic acids is 1. The van der Waals surface area contributed by atoms with E-state index in [4.69, 9.17) is 16.3 Å². The first-order valence-electron chi connectivity index (χ1n) is 12.7. The van der Waals surface area contributed by atoms with Crippen LogP contribution in [0.3, 0.4) is 0 Å². The van der Waals surface area contributed by atoms with E-state index in [2.05, 4.69) is 9.80 Å². The predicted octanol–water partition coefficient (Wildman–Crippen LogP) is 5.60. The molecule has 2 aromatic carbocycles. The highest BCUT2D eigenvalue weighted by Crippen LogP contribution is 2.30. The van der Waals surface area contributed by atoms with Crippen molar-refractivity contribution in [2.45, 2.75) is 57.6 Å². The number of carboxylic acid groups (broad SMARTS) is 1. The zero-order valence-corrected chi connectivity index (χ0v) is 21.4. The number of halogens is 2. The molecule has 0 radical (unpaired) electrons. The molecule has 2 aromatic rings. The van der Waals surface area contributed by atoms with Crippen molar-refractivity contribution in [3.8, 4) is 5.75 Å². The maximum absolute atomic E-state index is 13.3. The van der Waals surface area contributed by atoms with E-state index in [1.165, 1.54) is 12.1 Å². The first-order valence-corrected chi connectivity index (χ1v) is 13.1. The lowest BCUT2D eigenvalue weighted by atomic mass is 9.88.